The van der Waals surface area contributed by atoms with Gasteiger partial charge >= 0.3 is 6.03 Å². The van der Waals surface area contributed by atoms with Gasteiger partial charge in [-0.25, -0.2) is 4.79 Å². The third-order valence-electron chi connectivity index (χ3n) is 3.70. The van der Waals surface area contributed by atoms with Crippen LogP contribution in [0, 0.1) is 0 Å². The van der Waals surface area contributed by atoms with E-state index >= 15 is 0 Å². The summed E-state index contributed by atoms with van der Waals surface area (Å²) >= 11 is 1.23. The molecule has 3 amide bonds. The molecule has 1 atom stereocenters. The molecular formula is C16H18N4O3S. The normalized spacial score (nSPS) is 16.8. The first-order valence-corrected chi connectivity index (χ1v) is 8.33. The zero-order chi connectivity index (χ0) is 17.1. The Labute approximate surface area is 143 Å². The highest BCUT2D eigenvalue weighted by Crippen LogP contribution is 2.40. The summed E-state index contributed by atoms with van der Waals surface area (Å²) in [4.78, 5) is 23.5. The molecule has 6 N–H and O–H groups in total. The van der Waals surface area contributed by atoms with E-state index in [2.05, 4.69) is 10.6 Å². The van der Waals surface area contributed by atoms with Gasteiger partial charge in [0.25, 0.3) is 5.91 Å². The zero-order valence-corrected chi connectivity index (χ0v) is 13.7. The summed E-state index contributed by atoms with van der Waals surface area (Å²) in [5, 5.41) is 6.04. The van der Waals surface area contributed by atoms with Gasteiger partial charge in [0.1, 0.15) is 16.9 Å². The van der Waals surface area contributed by atoms with Crippen molar-refractivity contribution in [2.45, 2.75) is 12.5 Å². The van der Waals surface area contributed by atoms with Crippen LogP contribution in [0.4, 0.5) is 9.80 Å². The number of thiophene rings is 1. The second-order valence-electron chi connectivity index (χ2n) is 5.44. The number of benzene rings is 1. The Balaban J connectivity index is 1.96. The summed E-state index contributed by atoms with van der Waals surface area (Å²) < 4.78 is 6.07. The lowest BCUT2D eigenvalue weighted by atomic mass is 10.1. The number of hydrogen-bond donors (Lipinski definition) is 4. The molecule has 1 aromatic heterocycles. The van der Waals surface area contributed by atoms with Crippen LogP contribution in [0.15, 0.2) is 30.3 Å². The summed E-state index contributed by atoms with van der Waals surface area (Å²) in [6.45, 7) is 1.74. The van der Waals surface area contributed by atoms with Crippen LogP contribution < -0.4 is 26.8 Å². The summed E-state index contributed by atoms with van der Waals surface area (Å²) in [7, 11) is 0. The Kier molecular flexibility index (Phi) is 4.68. The molecule has 1 saturated heterocycles. The number of nitrogens with one attached hydrogen (secondary N) is 2. The Morgan fingerprint density at radius 2 is 2.08 bits per heavy atom. The van der Waals surface area contributed by atoms with Crippen LogP contribution in [0.1, 0.15) is 16.8 Å². The fourth-order valence-corrected chi connectivity index (χ4v) is 3.69. The second-order valence-corrected chi connectivity index (χ2v) is 6.49. The molecule has 1 aromatic carbocycles. The van der Waals surface area contributed by atoms with E-state index in [1.165, 1.54) is 11.3 Å². The number of carbonyl (C=O) groups excluding carboxylic acids is 2. The zero-order valence-electron chi connectivity index (χ0n) is 12.9. The van der Waals surface area contributed by atoms with Gasteiger partial charge in [0.15, 0.2) is 0 Å². The number of carbonyl (C=O) groups is 2. The number of rotatable bonds is 5. The summed E-state index contributed by atoms with van der Waals surface area (Å²) in [5.41, 5.74) is 11.6. The predicted octanol–water partition coefficient (Wildman–Crippen LogP) is 1.75. The fraction of sp³-hybridized carbons (Fsp3) is 0.250. The van der Waals surface area contributed by atoms with Crippen molar-refractivity contribution in [3.63, 3.8) is 0 Å². The third kappa shape index (κ3) is 3.50. The standard InChI is InChI=1S/C16H18N4O3S/c17-14(21)11-7-13(24-15(11)20-16(18)22)10-3-1-2-4-12(10)23-9-5-6-19-8-9/h1-4,7,9,19H,5-6,8H2,(H2,17,21)(H3,18,20,22). The maximum Gasteiger partial charge on any atom is 0.317 e. The lowest BCUT2D eigenvalue weighted by molar-refractivity contribution is 0.100. The second kappa shape index (κ2) is 6.90. The van der Waals surface area contributed by atoms with Crippen molar-refractivity contribution in [2.24, 2.45) is 11.5 Å². The highest BCUT2D eigenvalue weighted by atomic mass is 32.1. The highest BCUT2D eigenvalue weighted by molar-refractivity contribution is 7.20. The molecule has 1 aliphatic heterocycles. The van der Waals surface area contributed by atoms with Crippen molar-refractivity contribution in [3.8, 4) is 16.2 Å². The lowest BCUT2D eigenvalue weighted by Gasteiger charge is -2.15. The quantitative estimate of drug-likeness (QED) is 0.659. The van der Waals surface area contributed by atoms with E-state index in [4.69, 9.17) is 16.2 Å². The SMILES string of the molecule is NC(=O)Nc1sc(-c2ccccc2OC2CCNC2)cc1C(N)=O. The average Bonchev–Trinajstić information content (AvgIpc) is 3.17. The van der Waals surface area contributed by atoms with Crippen LogP contribution in [0.2, 0.25) is 0 Å². The monoisotopic (exact) mass is 346 g/mol. The molecule has 1 aliphatic rings. The minimum absolute atomic E-state index is 0.116. The lowest BCUT2D eigenvalue weighted by Crippen LogP contribution is -2.21. The minimum Gasteiger partial charge on any atom is -0.488 e. The number of hydrogen-bond acceptors (Lipinski definition) is 5. The molecule has 0 bridgehead atoms. The molecule has 2 heterocycles. The summed E-state index contributed by atoms with van der Waals surface area (Å²) in [6, 6.07) is 8.48. The number of primary amides is 2. The number of anilines is 1. The van der Waals surface area contributed by atoms with E-state index in [0.717, 1.165) is 35.7 Å². The van der Waals surface area contributed by atoms with Crippen LogP contribution in [0.5, 0.6) is 5.75 Å². The maximum atomic E-state index is 11.6. The fourth-order valence-electron chi connectivity index (χ4n) is 2.59. The van der Waals surface area contributed by atoms with E-state index in [-0.39, 0.29) is 11.7 Å². The summed E-state index contributed by atoms with van der Waals surface area (Å²) in [6.07, 6.45) is 1.06. The average molecular weight is 346 g/mol. The van der Waals surface area contributed by atoms with Gasteiger partial charge in [0.2, 0.25) is 0 Å². The third-order valence-corrected chi connectivity index (χ3v) is 4.78. The van der Waals surface area contributed by atoms with Gasteiger partial charge in [0.05, 0.1) is 5.56 Å². The van der Waals surface area contributed by atoms with Crippen LogP contribution in [0.25, 0.3) is 10.4 Å². The van der Waals surface area contributed by atoms with Gasteiger partial charge in [-0.05, 0) is 31.2 Å². The van der Waals surface area contributed by atoms with Crippen LogP contribution >= 0.6 is 11.3 Å². The molecule has 0 radical (unpaired) electrons. The first kappa shape index (κ1) is 16.3. The van der Waals surface area contributed by atoms with Gasteiger partial charge in [-0.15, -0.1) is 11.3 Å². The van der Waals surface area contributed by atoms with Crippen molar-refractivity contribution >= 4 is 28.3 Å². The first-order chi connectivity index (χ1) is 11.5. The molecule has 7 nitrogen and oxygen atoms in total. The molecule has 8 heteroatoms. The van der Waals surface area contributed by atoms with Crippen molar-refractivity contribution in [3.05, 3.63) is 35.9 Å². The van der Waals surface area contributed by atoms with E-state index in [0.29, 0.717) is 5.00 Å². The van der Waals surface area contributed by atoms with Gasteiger partial charge in [-0.2, -0.15) is 0 Å². The van der Waals surface area contributed by atoms with E-state index < -0.39 is 11.9 Å². The van der Waals surface area contributed by atoms with E-state index in [9.17, 15) is 9.59 Å². The van der Waals surface area contributed by atoms with E-state index in [1.54, 1.807) is 6.07 Å². The molecule has 2 aromatic rings. The molecule has 0 aliphatic carbocycles. The molecule has 1 fully saturated rings. The summed E-state index contributed by atoms with van der Waals surface area (Å²) in [5.74, 6) is 0.105. The van der Waals surface area contributed by atoms with E-state index in [1.807, 2.05) is 24.3 Å². The smallest absolute Gasteiger partial charge is 0.317 e. The Hall–Kier alpha value is -2.58. The van der Waals surface area contributed by atoms with Crippen LogP contribution in [-0.2, 0) is 0 Å². The number of urea groups is 1. The largest absolute Gasteiger partial charge is 0.488 e. The van der Waals surface area contributed by atoms with Gasteiger partial charge in [-0.3, -0.25) is 10.1 Å². The number of ether oxygens (including phenoxy) is 1. The molecule has 3 rings (SSSR count). The molecule has 0 saturated carbocycles. The highest BCUT2D eigenvalue weighted by Gasteiger charge is 2.21. The number of amides is 3. The maximum absolute atomic E-state index is 11.6. The number of para-hydroxylation sites is 1. The molecule has 1 unspecified atom stereocenters. The molecule has 126 valence electrons. The topological polar surface area (TPSA) is 119 Å². The van der Waals surface area contributed by atoms with Crippen LogP contribution in [-0.4, -0.2) is 31.1 Å². The van der Waals surface area contributed by atoms with Gasteiger partial charge < -0.3 is 21.5 Å². The minimum atomic E-state index is -0.743. The van der Waals surface area contributed by atoms with Crippen molar-refractivity contribution < 1.29 is 14.3 Å². The van der Waals surface area contributed by atoms with Gasteiger partial charge in [-0.1, -0.05) is 12.1 Å². The molecule has 24 heavy (non-hydrogen) atoms. The van der Waals surface area contributed by atoms with Crippen molar-refractivity contribution in [2.75, 3.05) is 18.4 Å². The van der Waals surface area contributed by atoms with Crippen molar-refractivity contribution in [1.82, 2.24) is 5.32 Å². The van der Waals surface area contributed by atoms with Gasteiger partial charge in [0, 0.05) is 17.0 Å². The Morgan fingerprint density at radius 1 is 1.29 bits per heavy atom. The number of nitrogens with two attached hydrogens (primary N) is 2. The Bertz CT molecular complexity index is 768. The molecular weight excluding hydrogens is 328 g/mol. The Morgan fingerprint density at radius 3 is 2.75 bits per heavy atom. The predicted molar refractivity (Wildman–Crippen MR) is 93.4 cm³/mol. The van der Waals surface area contributed by atoms with Crippen molar-refractivity contribution in [1.29, 1.82) is 0 Å². The van der Waals surface area contributed by atoms with Crippen LogP contribution in [0.3, 0.4) is 0 Å². The first-order valence-electron chi connectivity index (χ1n) is 7.51. The molecule has 0 spiro atoms.